The molecule has 0 spiro atoms. The number of ether oxygens (including phenoxy) is 2. The van der Waals surface area contributed by atoms with Gasteiger partial charge in [0.25, 0.3) is 11.8 Å². The largest absolute Gasteiger partial charge is 0.479 e. The first-order chi connectivity index (χ1) is 11.9. The Morgan fingerprint density at radius 1 is 1.32 bits per heavy atom. The topological polar surface area (TPSA) is 76.7 Å². The molecule has 25 heavy (non-hydrogen) atoms. The van der Waals surface area contributed by atoms with E-state index in [4.69, 9.17) is 9.47 Å². The third-order valence-electron chi connectivity index (χ3n) is 3.69. The van der Waals surface area contributed by atoms with Gasteiger partial charge in [-0.25, -0.2) is 4.39 Å². The van der Waals surface area contributed by atoms with Crippen LogP contribution in [0.3, 0.4) is 0 Å². The van der Waals surface area contributed by atoms with Gasteiger partial charge in [-0.2, -0.15) is 0 Å². The van der Waals surface area contributed by atoms with Gasteiger partial charge in [0.15, 0.2) is 23.8 Å². The molecule has 2 unspecified atom stereocenters. The van der Waals surface area contributed by atoms with Crippen molar-refractivity contribution in [3.8, 4) is 11.5 Å². The van der Waals surface area contributed by atoms with Gasteiger partial charge in [0.1, 0.15) is 5.75 Å². The molecule has 2 amide bonds. The van der Waals surface area contributed by atoms with Gasteiger partial charge in [-0.1, -0.05) is 12.1 Å². The van der Waals surface area contributed by atoms with Crippen molar-refractivity contribution in [3.63, 3.8) is 0 Å². The van der Waals surface area contributed by atoms with Gasteiger partial charge < -0.3 is 20.1 Å². The van der Waals surface area contributed by atoms with Gasteiger partial charge >= 0.3 is 0 Å². The quantitative estimate of drug-likeness (QED) is 0.894. The summed E-state index contributed by atoms with van der Waals surface area (Å²) in [5.74, 6) is -0.706. The Morgan fingerprint density at radius 2 is 2.08 bits per heavy atom. The summed E-state index contributed by atoms with van der Waals surface area (Å²) in [5, 5.41) is 5.37. The molecule has 2 atom stereocenters. The van der Waals surface area contributed by atoms with E-state index in [1.54, 1.807) is 31.2 Å². The minimum atomic E-state index is -0.904. The summed E-state index contributed by atoms with van der Waals surface area (Å²) >= 11 is 0. The summed E-state index contributed by atoms with van der Waals surface area (Å²) in [5.41, 5.74) is 0.940. The molecule has 0 bridgehead atoms. The van der Waals surface area contributed by atoms with E-state index in [2.05, 4.69) is 10.6 Å². The molecule has 0 aromatic heterocycles. The molecule has 0 fully saturated rings. The Morgan fingerprint density at radius 3 is 2.84 bits per heavy atom. The van der Waals surface area contributed by atoms with Crippen LogP contribution in [-0.4, -0.2) is 24.0 Å². The maximum Gasteiger partial charge on any atom is 0.265 e. The minimum absolute atomic E-state index is 0.00485. The summed E-state index contributed by atoms with van der Waals surface area (Å²) in [6, 6.07) is 10.8. The van der Waals surface area contributed by atoms with Crippen molar-refractivity contribution in [1.29, 1.82) is 0 Å². The molecule has 0 saturated carbocycles. The van der Waals surface area contributed by atoms with E-state index in [-0.39, 0.29) is 11.7 Å². The van der Waals surface area contributed by atoms with Crippen molar-refractivity contribution in [3.05, 3.63) is 48.3 Å². The lowest BCUT2D eigenvalue weighted by molar-refractivity contribution is -0.123. The maximum absolute atomic E-state index is 13.6. The highest BCUT2D eigenvalue weighted by atomic mass is 19.1. The first-order valence-electron chi connectivity index (χ1n) is 7.77. The predicted octanol–water partition coefficient (Wildman–Crippen LogP) is 2.95. The Hall–Kier alpha value is -3.09. The van der Waals surface area contributed by atoms with Crippen LogP contribution in [0.1, 0.15) is 13.8 Å². The average molecular weight is 344 g/mol. The number of rotatable bonds is 4. The number of hydrogen-bond acceptors (Lipinski definition) is 4. The average Bonchev–Trinajstić information content (AvgIpc) is 2.58. The summed E-state index contributed by atoms with van der Waals surface area (Å²) in [7, 11) is 0. The number of amides is 2. The number of para-hydroxylation sites is 1. The number of fused-ring (bicyclic) bond motifs is 1. The molecule has 1 aliphatic rings. The monoisotopic (exact) mass is 344 g/mol. The van der Waals surface area contributed by atoms with Crippen LogP contribution in [0.5, 0.6) is 11.5 Å². The number of halogens is 1. The summed E-state index contributed by atoms with van der Waals surface area (Å²) < 4.78 is 24.4. The molecule has 0 saturated heterocycles. The van der Waals surface area contributed by atoms with E-state index in [1.165, 1.54) is 25.1 Å². The predicted molar refractivity (Wildman–Crippen MR) is 90.3 cm³/mol. The molecule has 6 nitrogen and oxygen atoms in total. The van der Waals surface area contributed by atoms with E-state index in [0.29, 0.717) is 17.1 Å². The van der Waals surface area contributed by atoms with Crippen molar-refractivity contribution >= 4 is 23.2 Å². The van der Waals surface area contributed by atoms with Crippen LogP contribution in [0.4, 0.5) is 15.8 Å². The molecule has 2 N–H and O–H groups in total. The van der Waals surface area contributed by atoms with Crippen molar-refractivity contribution in [2.45, 2.75) is 26.1 Å². The molecule has 7 heteroatoms. The molecule has 1 heterocycles. The smallest absolute Gasteiger partial charge is 0.265 e. The number of anilines is 2. The fraction of sp³-hybridized carbons (Fsp3) is 0.222. The first kappa shape index (κ1) is 16.8. The summed E-state index contributed by atoms with van der Waals surface area (Å²) in [6.45, 7) is 3.17. The van der Waals surface area contributed by atoms with Gasteiger partial charge in [0.05, 0.1) is 5.69 Å². The van der Waals surface area contributed by atoms with E-state index in [9.17, 15) is 14.0 Å². The molecule has 0 aliphatic carbocycles. The highest BCUT2D eigenvalue weighted by molar-refractivity contribution is 5.99. The minimum Gasteiger partial charge on any atom is -0.479 e. The van der Waals surface area contributed by atoms with Crippen LogP contribution >= 0.6 is 0 Å². The first-order valence-corrected chi connectivity index (χ1v) is 7.77. The Balaban J connectivity index is 1.68. The molecule has 1 aliphatic heterocycles. The molecule has 130 valence electrons. The third-order valence-corrected chi connectivity index (χ3v) is 3.69. The Labute approximate surface area is 143 Å². The van der Waals surface area contributed by atoms with Crippen molar-refractivity contribution in [1.82, 2.24) is 0 Å². The van der Waals surface area contributed by atoms with Crippen LogP contribution in [0.15, 0.2) is 42.5 Å². The second kappa shape index (κ2) is 6.80. The van der Waals surface area contributed by atoms with Crippen molar-refractivity contribution < 1.29 is 23.5 Å². The van der Waals surface area contributed by atoms with E-state index in [1.807, 2.05) is 0 Å². The molecule has 2 aromatic rings. The molecule has 2 aromatic carbocycles. The van der Waals surface area contributed by atoms with Crippen molar-refractivity contribution in [2.24, 2.45) is 0 Å². The number of hydrogen-bond donors (Lipinski definition) is 2. The highest BCUT2D eigenvalue weighted by Gasteiger charge is 2.24. The van der Waals surface area contributed by atoms with Gasteiger partial charge in [0.2, 0.25) is 0 Å². The zero-order valence-corrected chi connectivity index (χ0v) is 13.7. The Bertz CT molecular complexity index is 824. The van der Waals surface area contributed by atoms with Crippen LogP contribution in [0.25, 0.3) is 0 Å². The zero-order valence-electron chi connectivity index (χ0n) is 13.7. The fourth-order valence-electron chi connectivity index (χ4n) is 2.31. The van der Waals surface area contributed by atoms with E-state index < -0.39 is 23.9 Å². The number of nitrogens with one attached hydrogen (secondary N) is 2. The fourth-order valence-corrected chi connectivity index (χ4v) is 2.31. The number of carbonyl (C=O) groups excluding carboxylic acids is 2. The van der Waals surface area contributed by atoms with Gasteiger partial charge in [-0.05, 0) is 44.2 Å². The molecular weight excluding hydrogens is 327 g/mol. The second-order valence-corrected chi connectivity index (χ2v) is 5.64. The molecule has 0 radical (unpaired) electrons. The Kier molecular flexibility index (Phi) is 4.56. The van der Waals surface area contributed by atoms with Crippen molar-refractivity contribution in [2.75, 3.05) is 10.6 Å². The number of carbonyl (C=O) groups is 2. The summed E-state index contributed by atoms with van der Waals surface area (Å²) in [4.78, 5) is 23.9. The third kappa shape index (κ3) is 3.71. The second-order valence-electron chi connectivity index (χ2n) is 5.64. The highest BCUT2D eigenvalue weighted by Crippen LogP contribution is 2.32. The SMILES string of the molecule is CC(Oc1ccccc1F)C(=O)Nc1ccc2c(c1)NC(=O)C(C)O2. The lowest BCUT2D eigenvalue weighted by Crippen LogP contribution is -2.34. The van der Waals surface area contributed by atoms with Crippen LogP contribution < -0.4 is 20.1 Å². The van der Waals surface area contributed by atoms with Gasteiger partial charge in [-0.15, -0.1) is 0 Å². The van der Waals surface area contributed by atoms with Crippen LogP contribution in [0.2, 0.25) is 0 Å². The van der Waals surface area contributed by atoms with Crippen LogP contribution in [0, 0.1) is 5.82 Å². The molecular formula is C18H17FN2O4. The van der Waals surface area contributed by atoms with Gasteiger partial charge in [0, 0.05) is 5.69 Å². The van der Waals surface area contributed by atoms with Crippen LogP contribution in [-0.2, 0) is 9.59 Å². The normalized spacial score (nSPS) is 16.9. The summed E-state index contributed by atoms with van der Waals surface area (Å²) in [6.07, 6.45) is -1.47. The standard InChI is InChI=1S/C18H17FN2O4/c1-10(24-15-6-4-3-5-13(15)19)17(22)20-12-7-8-16-14(9-12)21-18(23)11(2)25-16/h3-11H,1-2H3,(H,20,22)(H,21,23). The lowest BCUT2D eigenvalue weighted by Gasteiger charge is -2.24. The number of benzene rings is 2. The van der Waals surface area contributed by atoms with E-state index >= 15 is 0 Å². The zero-order chi connectivity index (χ0) is 18.0. The lowest BCUT2D eigenvalue weighted by atomic mass is 10.2. The molecule has 3 rings (SSSR count). The maximum atomic E-state index is 13.6. The van der Waals surface area contributed by atoms with Gasteiger partial charge in [-0.3, -0.25) is 9.59 Å². The van der Waals surface area contributed by atoms with E-state index in [0.717, 1.165) is 0 Å².